The van der Waals surface area contributed by atoms with Crippen LogP contribution in [0.25, 0.3) is 6.08 Å². The predicted molar refractivity (Wildman–Crippen MR) is 129 cm³/mol. The second-order valence-electron chi connectivity index (χ2n) is 9.09. The van der Waals surface area contributed by atoms with Crippen molar-refractivity contribution in [3.05, 3.63) is 77.9 Å². The van der Waals surface area contributed by atoms with Crippen molar-refractivity contribution in [1.29, 1.82) is 0 Å². The van der Waals surface area contributed by atoms with E-state index in [1.165, 1.54) is 5.48 Å². The van der Waals surface area contributed by atoms with E-state index >= 15 is 0 Å². The third-order valence-corrected chi connectivity index (χ3v) is 5.32. The molecule has 2 aromatic rings. The van der Waals surface area contributed by atoms with Crippen LogP contribution in [0.1, 0.15) is 38.3 Å². The predicted octanol–water partition coefficient (Wildman–Crippen LogP) is 2.42. The van der Waals surface area contributed by atoms with Gasteiger partial charge in [-0.2, -0.15) is 0 Å². The van der Waals surface area contributed by atoms with Gasteiger partial charge in [0.25, 0.3) is 5.91 Å². The summed E-state index contributed by atoms with van der Waals surface area (Å²) < 4.78 is 0. The SMILES string of the molecule is CC(C)(C)C(NC(=O)[C@H](C/C=C/c1ccccc1)[C@H](O)C(=O)NO)C(=O)NCc1ccccc1. The van der Waals surface area contributed by atoms with Gasteiger partial charge >= 0.3 is 0 Å². The summed E-state index contributed by atoms with van der Waals surface area (Å²) in [6, 6.07) is 17.8. The van der Waals surface area contributed by atoms with Crippen LogP contribution in [0.4, 0.5) is 0 Å². The molecule has 0 saturated heterocycles. The largest absolute Gasteiger partial charge is 0.382 e. The van der Waals surface area contributed by atoms with Crippen molar-refractivity contribution in [3.63, 3.8) is 0 Å². The van der Waals surface area contributed by atoms with Gasteiger partial charge in [0.15, 0.2) is 0 Å². The maximum Gasteiger partial charge on any atom is 0.272 e. The number of carbonyl (C=O) groups is 3. The molecule has 3 atom stereocenters. The molecule has 34 heavy (non-hydrogen) atoms. The van der Waals surface area contributed by atoms with Gasteiger partial charge in [0.05, 0.1) is 5.92 Å². The van der Waals surface area contributed by atoms with E-state index in [9.17, 15) is 19.5 Å². The van der Waals surface area contributed by atoms with Crippen LogP contribution in [0.5, 0.6) is 0 Å². The molecule has 0 heterocycles. The van der Waals surface area contributed by atoms with Crippen LogP contribution in [-0.2, 0) is 20.9 Å². The molecule has 0 aliphatic carbocycles. The molecular formula is C26H33N3O5. The van der Waals surface area contributed by atoms with Crippen LogP contribution in [0.15, 0.2) is 66.7 Å². The lowest BCUT2D eigenvalue weighted by molar-refractivity contribution is -0.147. The van der Waals surface area contributed by atoms with Crippen molar-refractivity contribution in [1.82, 2.24) is 16.1 Å². The Labute approximate surface area is 200 Å². The first-order chi connectivity index (χ1) is 16.1. The van der Waals surface area contributed by atoms with Gasteiger partial charge < -0.3 is 15.7 Å². The topological polar surface area (TPSA) is 128 Å². The maximum atomic E-state index is 13.1. The summed E-state index contributed by atoms with van der Waals surface area (Å²) in [7, 11) is 0. The molecule has 0 aromatic heterocycles. The van der Waals surface area contributed by atoms with E-state index in [1.807, 2.05) is 60.7 Å². The van der Waals surface area contributed by atoms with E-state index in [1.54, 1.807) is 32.9 Å². The van der Waals surface area contributed by atoms with Gasteiger partial charge in [0.1, 0.15) is 12.1 Å². The summed E-state index contributed by atoms with van der Waals surface area (Å²) >= 11 is 0. The third-order valence-electron chi connectivity index (χ3n) is 5.32. The summed E-state index contributed by atoms with van der Waals surface area (Å²) in [4.78, 5) is 38.0. The zero-order valence-corrected chi connectivity index (χ0v) is 19.7. The van der Waals surface area contributed by atoms with Crippen molar-refractivity contribution in [2.45, 2.75) is 45.9 Å². The molecule has 182 valence electrons. The Bertz CT molecular complexity index is 971. The number of benzene rings is 2. The first-order valence-electron chi connectivity index (χ1n) is 11.1. The molecule has 3 amide bonds. The molecule has 0 fully saturated rings. The van der Waals surface area contributed by atoms with Gasteiger partial charge in [0.2, 0.25) is 11.8 Å². The van der Waals surface area contributed by atoms with Gasteiger partial charge in [-0.05, 0) is 23.0 Å². The first kappa shape index (κ1) is 26.8. The van der Waals surface area contributed by atoms with Gasteiger partial charge in [-0.15, -0.1) is 0 Å². The number of hydroxylamine groups is 1. The highest BCUT2D eigenvalue weighted by atomic mass is 16.5. The second-order valence-corrected chi connectivity index (χ2v) is 9.09. The van der Waals surface area contributed by atoms with E-state index in [4.69, 9.17) is 5.21 Å². The fourth-order valence-corrected chi connectivity index (χ4v) is 3.35. The van der Waals surface area contributed by atoms with Crippen LogP contribution in [0.2, 0.25) is 0 Å². The Hall–Kier alpha value is -3.49. The number of hydrogen-bond donors (Lipinski definition) is 5. The Morgan fingerprint density at radius 1 is 0.912 bits per heavy atom. The smallest absolute Gasteiger partial charge is 0.272 e. The number of aliphatic hydroxyl groups excluding tert-OH is 1. The lowest BCUT2D eigenvalue weighted by Gasteiger charge is -2.32. The Kier molecular flexibility index (Phi) is 9.97. The summed E-state index contributed by atoms with van der Waals surface area (Å²) in [6.45, 7) is 5.71. The number of allylic oxidation sites excluding steroid dienone is 1. The molecule has 0 spiro atoms. The molecule has 8 heteroatoms. The highest BCUT2D eigenvalue weighted by Gasteiger charge is 2.37. The average molecular weight is 468 g/mol. The third kappa shape index (κ3) is 8.13. The van der Waals surface area contributed by atoms with E-state index in [2.05, 4.69) is 10.6 Å². The molecule has 0 aliphatic heterocycles. The molecule has 2 rings (SSSR count). The summed E-state index contributed by atoms with van der Waals surface area (Å²) in [5.74, 6) is -3.39. The van der Waals surface area contributed by atoms with Gasteiger partial charge in [-0.25, -0.2) is 5.48 Å². The highest BCUT2D eigenvalue weighted by Crippen LogP contribution is 2.22. The lowest BCUT2D eigenvalue weighted by atomic mass is 9.85. The van der Waals surface area contributed by atoms with Crippen LogP contribution in [0.3, 0.4) is 0 Å². The molecular weight excluding hydrogens is 434 g/mol. The van der Waals surface area contributed by atoms with E-state index < -0.39 is 35.3 Å². The van der Waals surface area contributed by atoms with Gasteiger partial charge in [0, 0.05) is 6.54 Å². The number of aliphatic hydroxyl groups is 1. The van der Waals surface area contributed by atoms with E-state index in [-0.39, 0.29) is 12.3 Å². The molecule has 0 bridgehead atoms. The second kappa shape index (κ2) is 12.7. The molecule has 1 unspecified atom stereocenters. The number of hydrogen-bond acceptors (Lipinski definition) is 5. The van der Waals surface area contributed by atoms with Crippen LogP contribution < -0.4 is 16.1 Å². The quantitative estimate of drug-likeness (QED) is 0.271. The van der Waals surface area contributed by atoms with E-state index in [0.29, 0.717) is 6.54 Å². The fraction of sp³-hybridized carbons (Fsp3) is 0.346. The van der Waals surface area contributed by atoms with Crippen molar-refractivity contribution in [2.24, 2.45) is 11.3 Å². The molecule has 5 N–H and O–H groups in total. The minimum Gasteiger partial charge on any atom is -0.382 e. The van der Waals surface area contributed by atoms with Gasteiger partial charge in [-0.3, -0.25) is 19.6 Å². The molecule has 0 saturated carbocycles. The van der Waals surface area contributed by atoms with E-state index in [0.717, 1.165) is 11.1 Å². The number of carbonyl (C=O) groups excluding carboxylic acids is 3. The Morgan fingerprint density at radius 2 is 1.50 bits per heavy atom. The summed E-state index contributed by atoms with van der Waals surface area (Å²) in [5, 5.41) is 24.9. The van der Waals surface area contributed by atoms with Crippen LogP contribution in [-0.4, -0.2) is 40.2 Å². The molecule has 8 nitrogen and oxygen atoms in total. The van der Waals surface area contributed by atoms with Gasteiger partial charge in [-0.1, -0.05) is 93.6 Å². The fourth-order valence-electron chi connectivity index (χ4n) is 3.35. The zero-order chi connectivity index (χ0) is 25.1. The monoisotopic (exact) mass is 467 g/mol. The maximum absolute atomic E-state index is 13.1. The number of amides is 3. The number of rotatable bonds is 10. The molecule has 0 radical (unpaired) electrons. The zero-order valence-electron chi connectivity index (χ0n) is 19.7. The van der Waals surface area contributed by atoms with Crippen molar-refractivity contribution < 1.29 is 24.7 Å². The van der Waals surface area contributed by atoms with Crippen molar-refractivity contribution in [3.8, 4) is 0 Å². The Balaban J connectivity index is 2.16. The van der Waals surface area contributed by atoms with Crippen LogP contribution in [0, 0.1) is 11.3 Å². The minimum atomic E-state index is -1.81. The lowest BCUT2D eigenvalue weighted by Crippen LogP contribution is -2.56. The molecule has 0 aliphatic rings. The summed E-state index contributed by atoms with van der Waals surface area (Å²) in [5.41, 5.74) is 2.53. The van der Waals surface area contributed by atoms with Crippen LogP contribution >= 0.6 is 0 Å². The standard InChI is InChI=1S/C26H33N3O5/c1-26(2,3)22(25(33)27-17-19-13-8-5-9-14-19)28-23(31)20(21(30)24(32)29-34)16-10-15-18-11-6-4-7-12-18/h4-15,20-22,30,34H,16-17H2,1-3H3,(H,27,33)(H,28,31)(H,29,32)/b15-10+/t20-,21+,22?/m1/s1. The van der Waals surface area contributed by atoms with Crippen molar-refractivity contribution in [2.75, 3.05) is 0 Å². The average Bonchev–Trinajstić information content (AvgIpc) is 2.83. The summed E-state index contributed by atoms with van der Waals surface area (Å²) in [6.07, 6.45) is 1.63. The normalized spacial score (nSPS) is 14.1. The first-order valence-corrected chi connectivity index (χ1v) is 11.1. The number of nitrogens with one attached hydrogen (secondary N) is 3. The highest BCUT2D eigenvalue weighted by molar-refractivity contribution is 5.92. The molecule has 2 aromatic carbocycles. The van der Waals surface area contributed by atoms with Crippen molar-refractivity contribution >= 4 is 23.8 Å². The Morgan fingerprint density at radius 3 is 2.06 bits per heavy atom. The minimum absolute atomic E-state index is 0.0117.